The number of ether oxygens (including phenoxy) is 1. The maximum absolute atomic E-state index is 9.08. The predicted octanol–water partition coefficient (Wildman–Crippen LogP) is 3.62. The summed E-state index contributed by atoms with van der Waals surface area (Å²) in [6, 6.07) is 15.7. The van der Waals surface area contributed by atoms with Gasteiger partial charge in [0.15, 0.2) is 0 Å². The minimum absolute atomic E-state index is 0.115. The third-order valence-electron chi connectivity index (χ3n) is 2.91. The summed E-state index contributed by atoms with van der Waals surface area (Å²) in [5.74, 6) is 0.783. The molecule has 0 saturated carbocycles. The Morgan fingerprint density at radius 2 is 1.84 bits per heavy atom. The molecule has 3 nitrogen and oxygen atoms in total. The highest BCUT2D eigenvalue weighted by Crippen LogP contribution is 2.35. The largest absolute Gasteiger partial charge is 0.444 e. The van der Waals surface area contributed by atoms with Crippen LogP contribution in [0.25, 0.3) is 10.9 Å². The predicted molar refractivity (Wildman–Crippen MR) is 76.9 cm³/mol. The molecule has 0 atom stereocenters. The van der Waals surface area contributed by atoms with Gasteiger partial charge in [0, 0.05) is 18.1 Å². The van der Waals surface area contributed by atoms with Crippen LogP contribution >= 0.6 is 11.5 Å². The van der Waals surface area contributed by atoms with Gasteiger partial charge in [-0.2, -0.15) is 4.37 Å². The highest BCUT2D eigenvalue weighted by atomic mass is 32.1. The topological polar surface area (TPSA) is 42.4 Å². The van der Waals surface area contributed by atoms with Gasteiger partial charge in [-0.1, -0.05) is 30.3 Å². The van der Waals surface area contributed by atoms with Gasteiger partial charge in [-0.25, -0.2) is 0 Å². The SMILES string of the molecule is OCCc1ccccc1Oc1snc2ccccc12. The lowest BCUT2D eigenvalue weighted by atomic mass is 10.1. The zero-order valence-corrected chi connectivity index (χ0v) is 11.1. The van der Waals surface area contributed by atoms with E-state index >= 15 is 0 Å². The molecule has 0 bridgehead atoms. The van der Waals surface area contributed by atoms with Crippen molar-refractivity contribution in [3.63, 3.8) is 0 Å². The molecule has 0 aliphatic heterocycles. The Morgan fingerprint density at radius 1 is 1.05 bits per heavy atom. The molecular formula is C15H13NO2S. The van der Waals surface area contributed by atoms with Crippen molar-refractivity contribution in [3.8, 4) is 10.8 Å². The molecule has 19 heavy (non-hydrogen) atoms. The summed E-state index contributed by atoms with van der Waals surface area (Å²) >= 11 is 1.35. The standard InChI is InChI=1S/C15H13NO2S/c17-10-9-11-5-1-4-8-14(11)18-15-12-6-2-3-7-13(12)16-19-15/h1-8,17H,9-10H2. The quantitative estimate of drug-likeness (QED) is 0.788. The van der Waals surface area contributed by atoms with Crippen LogP contribution in [0.2, 0.25) is 0 Å². The van der Waals surface area contributed by atoms with E-state index in [0.717, 1.165) is 27.3 Å². The average molecular weight is 271 g/mol. The Morgan fingerprint density at radius 3 is 2.74 bits per heavy atom. The third-order valence-corrected chi connectivity index (χ3v) is 3.66. The van der Waals surface area contributed by atoms with Gasteiger partial charge in [0.05, 0.1) is 10.9 Å². The summed E-state index contributed by atoms with van der Waals surface area (Å²) in [6.45, 7) is 0.115. The first kappa shape index (κ1) is 12.1. The molecule has 0 radical (unpaired) electrons. The Balaban J connectivity index is 1.97. The number of rotatable bonds is 4. The molecule has 2 aromatic carbocycles. The van der Waals surface area contributed by atoms with Gasteiger partial charge in [-0.15, -0.1) is 0 Å². The molecular weight excluding hydrogens is 258 g/mol. The molecule has 1 aromatic heterocycles. The maximum atomic E-state index is 9.08. The summed E-state index contributed by atoms with van der Waals surface area (Å²) in [5, 5.41) is 10.9. The lowest BCUT2D eigenvalue weighted by molar-refractivity contribution is 0.298. The molecule has 0 fully saturated rings. The number of aliphatic hydroxyl groups excluding tert-OH is 1. The second kappa shape index (κ2) is 5.38. The Bertz CT molecular complexity index is 693. The lowest BCUT2D eigenvalue weighted by Crippen LogP contribution is -1.94. The second-order valence-electron chi connectivity index (χ2n) is 4.17. The molecule has 0 unspecified atom stereocenters. The van der Waals surface area contributed by atoms with Crippen LogP contribution in [-0.2, 0) is 6.42 Å². The molecule has 4 heteroatoms. The van der Waals surface area contributed by atoms with Gasteiger partial charge in [-0.05, 0) is 30.2 Å². The van der Waals surface area contributed by atoms with E-state index in [0.29, 0.717) is 6.42 Å². The van der Waals surface area contributed by atoms with E-state index < -0.39 is 0 Å². The fourth-order valence-corrected chi connectivity index (χ4v) is 2.71. The van der Waals surface area contributed by atoms with Crippen molar-refractivity contribution >= 4 is 22.4 Å². The number of aliphatic hydroxyl groups is 1. The van der Waals surface area contributed by atoms with Crippen molar-refractivity contribution in [1.29, 1.82) is 0 Å². The van der Waals surface area contributed by atoms with Gasteiger partial charge in [0.25, 0.3) is 0 Å². The monoisotopic (exact) mass is 271 g/mol. The minimum atomic E-state index is 0.115. The Labute approximate surface area is 115 Å². The van der Waals surface area contributed by atoms with E-state index in [9.17, 15) is 0 Å². The minimum Gasteiger partial charge on any atom is -0.444 e. The molecule has 3 aromatic rings. The highest BCUT2D eigenvalue weighted by Gasteiger charge is 2.09. The molecule has 0 aliphatic rings. The molecule has 0 saturated heterocycles. The molecule has 1 N–H and O–H groups in total. The van der Waals surface area contributed by atoms with Crippen molar-refractivity contribution in [2.45, 2.75) is 6.42 Å². The molecule has 3 rings (SSSR count). The van der Waals surface area contributed by atoms with Gasteiger partial charge in [0.1, 0.15) is 5.75 Å². The van der Waals surface area contributed by atoms with E-state index in [4.69, 9.17) is 9.84 Å². The summed E-state index contributed by atoms with van der Waals surface area (Å²) in [6.07, 6.45) is 0.590. The highest BCUT2D eigenvalue weighted by molar-refractivity contribution is 7.09. The Kier molecular flexibility index (Phi) is 3.44. The lowest BCUT2D eigenvalue weighted by Gasteiger charge is -2.08. The molecule has 0 spiro atoms. The third kappa shape index (κ3) is 2.45. The number of nitrogens with zero attached hydrogens (tertiary/aromatic N) is 1. The molecule has 0 aliphatic carbocycles. The summed E-state index contributed by atoms with van der Waals surface area (Å²) in [7, 11) is 0. The van der Waals surface area contributed by atoms with Gasteiger partial charge in [0.2, 0.25) is 5.06 Å². The first-order valence-electron chi connectivity index (χ1n) is 6.09. The van der Waals surface area contributed by atoms with Crippen molar-refractivity contribution in [1.82, 2.24) is 4.37 Å². The number of fused-ring (bicyclic) bond motifs is 1. The van der Waals surface area contributed by atoms with E-state index in [1.54, 1.807) is 0 Å². The van der Waals surface area contributed by atoms with Crippen molar-refractivity contribution in [3.05, 3.63) is 54.1 Å². The number of para-hydroxylation sites is 1. The summed E-state index contributed by atoms with van der Waals surface area (Å²) < 4.78 is 10.3. The summed E-state index contributed by atoms with van der Waals surface area (Å²) in [5.41, 5.74) is 1.95. The zero-order valence-electron chi connectivity index (χ0n) is 10.2. The van der Waals surface area contributed by atoms with Gasteiger partial charge >= 0.3 is 0 Å². The maximum Gasteiger partial charge on any atom is 0.207 e. The van der Waals surface area contributed by atoms with Crippen LogP contribution < -0.4 is 4.74 Å². The number of aromatic nitrogens is 1. The van der Waals surface area contributed by atoms with Gasteiger partial charge in [-0.3, -0.25) is 0 Å². The van der Waals surface area contributed by atoms with E-state index in [1.807, 2.05) is 48.5 Å². The van der Waals surface area contributed by atoms with Crippen LogP contribution in [0.5, 0.6) is 10.8 Å². The van der Waals surface area contributed by atoms with Crippen molar-refractivity contribution < 1.29 is 9.84 Å². The number of hydrogen-bond donors (Lipinski definition) is 1. The van der Waals surface area contributed by atoms with Gasteiger partial charge < -0.3 is 9.84 Å². The number of hydrogen-bond acceptors (Lipinski definition) is 4. The van der Waals surface area contributed by atoms with E-state index in [-0.39, 0.29) is 6.61 Å². The van der Waals surface area contributed by atoms with Crippen LogP contribution in [0, 0.1) is 0 Å². The van der Waals surface area contributed by atoms with Crippen molar-refractivity contribution in [2.75, 3.05) is 6.61 Å². The zero-order chi connectivity index (χ0) is 13.1. The van der Waals surface area contributed by atoms with Crippen LogP contribution in [0.1, 0.15) is 5.56 Å². The molecule has 1 heterocycles. The smallest absolute Gasteiger partial charge is 0.207 e. The van der Waals surface area contributed by atoms with Crippen LogP contribution in [0.4, 0.5) is 0 Å². The summed E-state index contributed by atoms with van der Waals surface area (Å²) in [4.78, 5) is 0. The Hall–Kier alpha value is -1.91. The van der Waals surface area contributed by atoms with Crippen molar-refractivity contribution in [2.24, 2.45) is 0 Å². The van der Waals surface area contributed by atoms with E-state index in [2.05, 4.69) is 4.37 Å². The average Bonchev–Trinajstić information content (AvgIpc) is 2.85. The fourth-order valence-electron chi connectivity index (χ4n) is 1.97. The second-order valence-corrected chi connectivity index (χ2v) is 4.91. The molecule has 0 amide bonds. The fraction of sp³-hybridized carbons (Fsp3) is 0.133. The first-order chi connectivity index (χ1) is 9.38. The van der Waals surface area contributed by atoms with E-state index in [1.165, 1.54) is 11.5 Å². The molecule has 96 valence electrons. The van der Waals surface area contributed by atoms with Crippen LogP contribution in [-0.4, -0.2) is 16.1 Å². The first-order valence-corrected chi connectivity index (χ1v) is 6.87. The van der Waals surface area contributed by atoms with Crippen LogP contribution in [0.15, 0.2) is 48.5 Å². The normalized spacial score (nSPS) is 10.8. The number of benzene rings is 2. The van der Waals surface area contributed by atoms with Crippen LogP contribution in [0.3, 0.4) is 0 Å².